The number of sulfonamides is 1. The molecule has 0 saturated heterocycles. The molecule has 0 amide bonds. The Labute approximate surface area is 118 Å². The number of hydrogen-bond donors (Lipinski definition) is 2. The highest BCUT2D eigenvalue weighted by molar-refractivity contribution is 7.92. The van der Waals surface area contributed by atoms with Crippen LogP contribution in [-0.2, 0) is 10.0 Å². The molecule has 2 aromatic rings. The van der Waals surface area contributed by atoms with Crippen LogP contribution in [0.25, 0.3) is 0 Å². The lowest BCUT2D eigenvalue weighted by Crippen LogP contribution is -2.18. The van der Waals surface area contributed by atoms with Gasteiger partial charge in [-0.3, -0.25) is 4.72 Å². The third-order valence-corrected chi connectivity index (χ3v) is 3.73. The standard InChI is InChI=1S/C12H8F2N2O4S/c13-7-3-4-10(8(6-7)12(17)18)16-21(19,20)11-9(14)2-1-5-15-11/h1-6,16H,(H,17,18). The molecule has 0 unspecified atom stereocenters. The molecule has 0 radical (unpaired) electrons. The monoisotopic (exact) mass is 314 g/mol. The van der Waals surface area contributed by atoms with Crippen molar-refractivity contribution in [3.63, 3.8) is 0 Å². The molecule has 2 rings (SSSR count). The number of nitrogens with zero attached hydrogens (tertiary/aromatic N) is 1. The zero-order valence-corrected chi connectivity index (χ0v) is 11.1. The Kier molecular flexibility index (Phi) is 3.85. The van der Waals surface area contributed by atoms with Crippen LogP contribution in [0.3, 0.4) is 0 Å². The molecule has 21 heavy (non-hydrogen) atoms. The SMILES string of the molecule is O=C(O)c1cc(F)ccc1NS(=O)(=O)c1ncccc1F. The van der Waals surface area contributed by atoms with E-state index >= 15 is 0 Å². The summed E-state index contributed by atoms with van der Waals surface area (Å²) in [6.07, 6.45) is 1.07. The third-order valence-electron chi connectivity index (χ3n) is 2.44. The van der Waals surface area contributed by atoms with E-state index in [0.717, 1.165) is 24.4 Å². The average Bonchev–Trinajstić information content (AvgIpc) is 2.40. The summed E-state index contributed by atoms with van der Waals surface area (Å²) in [5.74, 6) is -3.47. The van der Waals surface area contributed by atoms with Gasteiger partial charge < -0.3 is 5.11 Å². The van der Waals surface area contributed by atoms with Gasteiger partial charge in [0.25, 0.3) is 10.0 Å². The van der Waals surface area contributed by atoms with Crippen LogP contribution < -0.4 is 4.72 Å². The van der Waals surface area contributed by atoms with Crippen LogP contribution in [0.5, 0.6) is 0 Å². The van der Waals surface area contributed by atoms with Crippen molar-refractivity contribution in [3.8, 4) is 0 Å². The average molecular weight is 314 g/mol. The molecule has 1 aromatic carbocycles. The number of nitrogens with one attached hydrogen (secondary N) is 1. The summed E-state index contributed by atoms with van der Waals surface area (Å²) in [4.78, 5) is 14.4. The molecular formula is C12H8F2N2O4S. The summed E-state index contributed by atoms with van der Waals surface area (Å²) < 4.78 is 52.3. The summed E-state index contributed by atoms with van der Waals surface area (Å²) in [7, 11) is -4.43. The van der Waals surface area contributed by atoms with Crippen molar-refractivity contribution in [2.24, 2.45) is 0 Å². The molecule has 0 spiro atoms. The minimum Gasteiger partial charge on any atom is -0.478 e. The topological polar surface area (TPSA) is 96.4 Å². The summed E-state index contributed by atoms with van der Waals surface area (Å²) in [6.45, 7) is 0. The van der Waals surface area contributed by atoms with E-state index in [9.17, 15) is 22.0 Å². The Morgan fingerprint density at radius 2 is 1.95 bits per heavy atom. The number of benzene rings is 1. The van der Waals surface area contributed by atoms with E-state index in [1.165, 1.54) is 6.07 Å². The Balaban J connectivity index is 2.47. The second kappa shape index (κ2) is 5.44. The van der Waals surface area contributed by atoms with Gasteiger partial charge in [0.15, 0.2) is 5.82 Å². The van der Waals surface area contributed by atoms with Crippen LogP contribution in [0, 0.1) is 11.6 Å². The molecule has 0 aliphatic heterocycles. The van der Waals surface area contributed by atoms with Gasteiger partial charge in [-0.2, -0.15) is 8.42 Å². The third kappa shape index (κ3) is 3.14. The normalized spacial score (nSPS) is 11.1. The highest BCUT2D eigenvalue weighted by Gasteiger charge is 2.23. The summed E-state index contributed by atoms with van der Waals surface area (Å²) in [6, 6.07) is 4.55. The first-order chi connectivity index (χ1) is 9.81. The molecule has 9 heteroatoms. The van der Waals surface area contributed by atoms with E-state index in [1.54, 1.807) is 0 Å². The number of anilines is 1. The quantitative estimate of drug-likeness (QED) is 0.898. The summed E-state index contributed by atoms with van der Waals surface area (Å²) in [5.41, 5.74) is -0.996. The van der Waals surface area contributed by atoms with Crippen molar-refractivity contribution in [1.29, 1.82) is 0 Å². The molecule has 0 fully saturated rings. The van der Waals surface area contributed by atoms with Crippen molar-refractivity contribution in [1.82, 2.24) is 4.98 Å². The van der Waals surface area contributed by atoms with Crippen molar-refractivity contribution < 1.29 is 27.1 Å². The number of aromatic carboxylic acids is 1. The maximum absolute atomic E-state index is 13.5. The van der Waals surface area contributed by atoms with Crippen LogP contribution in [0.4, 0.5) is 14.5 Å². The molecule has 6 nitrogen and oxygen atoms in total. The number of carboxylic acids is 1. The van der Waals surface area contributed by atoms with Crippen LogP contribution in [0.2, 0.25) is 0 Å². The first kappa shape index (κ1) is 14.9. The van der Waals surface area contributed by atoms with Gasteiger partial charge in [0.05, 0.1) is 11.3 Å². The van der Waals surface area contributed by atoms with Crippen molar-refractivity contribution in [2.45, 2.75) is 5.03 Å². The fraction of sp³-hybridized carbons (Fsp3) is 0. The van der Waals surface area contributed by atoms with E-state index in [-0.39, 0.29) is 0 Å². The van der Waals surface area contributed by atoms with Crippen LogP contribution in [0.15, 0.2) is 41.6 Å². The lowest BCUT2D eigenvalue weighted by Gasteiger charge is -2.10. The Morgan fingerprint density at radius 3 is 2.57 bits per heavy atom. The fourth-order valence-corrected chi connectivity index (χ4v) is 2.63. The molecule has 110 valence electrons. The predicted molar refractivity (Wildman–Crippen MR) is 68.4 cm³/mol. The van der Waals surface area contributed by atoms with Gasteiger partial charge in [0.1, 0.15) is 5.82 Å². The summed E-state index contributed by atoms with van der Waals surface area (Å²) >= 11 is 0. The van der Waals surface area contributed by atoms with Gasteiger partial charge >= 0.3 is 5.97 Å². The van der Waals surface area contributed by atoms with E-state index in [0.29, 0.717) is 6.07 Å². The number of rotatable bonds is 4. The zero-order chi connectivity index (χ0) is 15.6. The Hall–Kier alpha value is -2.55. The second-order valence-electron chi connectivity index (χ2n) is 3.89. The number of carboxylic acid groups (broad SMARTS) is 1. The molecule has 0 bridgehead atoms. The molecule has 0 aliphatic carbocycles. The molecule has 0 aliphatic rings. The lowest BCUT2D eigenvalue weighted by atomic mass is 10.2. The summed E-state index contributed by atoms with van der Waals surface area (Å²) in [5, 5.41) is 8.04. The minimum absolute atomic E-state index is 0.394. The van der Waals surface area contributed by atoms with Crippen LogP contribution in [0.1, 0.15) is 10.4 Å². The van der Waals surface area contributed by atoms with Gasteiger partial charge in [-0.05, 0) is 30.3 Å². The van der Waals surface area contributed by atoms with Crippen LogP contribution >= 0.6 is 0 Å². The molecule has 0 atom stereocenters. The Morgan fingerprint density at radius 1 is 1.24 bits per heavy atom. The highest BCUT2D eigenvalue weighted by atomic mass is 32.2. The lowest BCUT2D eigenvalue weighted by molar-refractivity contribution is 0.0697. The van der Waals surface area contributed by atoms with Gasteiger partial charge in [0, 0.05) is 6.20 Å². The van der Waals surface area contributed by atoms with Crippen molar-refractivity contribution in [2.75, 3.05) is 4.72 Å². The number of hydrogen-bond acceptors (Lipinski definition) is 4. The van der Waals surface area contributed by atoms with Crippen molar-refractivity contribution in [3.05, 3.63) is 53.7 Å². The van der Waals surface area contributed by atoms with Crippen LogP contribution in [-0.4, -0.2) is 24.5 Å². The first-order valence-corrected chi connectivity index (χ1v) is 6.96. The number of carbonyl (C=O) groups is 1. The number of aromatic nitrogens is 1. The van der Waals surface area contributed by atoms with Gasteiger partial charge in [-0.15, -0.1) is 0 Å². The van der Waals surface area contributed by atoms with Gasteiger partial charge in [0.2, 0.25) is 5.03 Å². The maximum Gasteiger partial charge on any atom is 0.337 e. The van der Waals surface area contributed by atoms with E-state index < -0.39 is 43.9 Å². The molecule has 2 N–H and O–H groups in total. The second-order valence-corrected chi connectivity index (χ2v) is 5.49. The highest BCUT2D eigenvalue weighted by Crippen LogP contribution is 2.21. The van der Waals surface area contributed by atoms with Gasteiger partial charge in [-0.1, -0.05) is 0 Å². The molecule has 0 saturated carbocycles. The zero-order valence-electron chi connectivity index (χ0n) is 10.2. The largest absolute Gasteiger partial charge is 0.478 e. The molecule has 1 aromatic heterocycles. The first-order valence-electron chi connectivity index (χ1n) is 5.47. The molecule has 1 heterocycles. The van der Waals surface area contributed by atoms with E-state index in [4.69, 9.17) is 5.11 Å². The van der Waals surface area contributed by atoms with Gasteiger partial charge in [-0.25, -0.2) is 18.6 Å². The van der Waals surface area contributed by atoms with E-state index in [2.05, 4.69) is 4.98 Å². The Bertz CT molecular complexity index is 809. The molecular weight excluding hydrogens is 306 g/mol. The van der Waals surface area contributed by atoms with Crippen molar-refractivity contribution >= 4 is 21.7 Å². The minimum atomic E-state index is -4.43. The smallest absolute Gasteiger partial charge is 0.337 e. The number of pyridine rings is 1. The fourth-order valence-electron chi connectivity index (χ4n) is 1.54. The number of halogens is 2. The van der Waals surface area contributed by atoms with E-state index in [1.807, 2.05) is 4.72 Å². The maximum atomic E-state index is 13.5. The predicted octanol–water partition coefficient (Wildman–Crippen LogP) is 1.86.